The number of hydrogen-bond acceptors (Lipinski definition) is 6. The third-order valence-corrected chi connectivity index (χ3v) is 8.84. The Morgan fingerprint density at radius 3 is 2.41 bits per heavy atom. The van der Waals surface area contributed by atoms with Crippen LogP contribution in [0.2, 0.25) is 0 Å². The van der Waals surface area contributed by atoms with Crippen molar-refractivity contribution < 1.29 is 13.2 Å². The lowest BCUT2D eigenvalue weighted by Gasteiger charge is -2.34. The summed E-state index contributed by atoms with van der Waals surface area (Å²) >= 11 is 0. The van der Waals surface area contributed by atoms with Gasteiger partial charge >= 0.3 is 5.69 Å². The van der Waals surface area contributed by atoms with Gasteiger partial charge in [-0.05, 0) is 32.1 Å². The molecule has 188 valence electrons. The zero-order valence-electron chi connectivity index (χ0n) is 20.1. The summed E-state index contributed by atoms with van der Waals surface area (Å²) in [6.07, 6.45) is 8.09. The van der Waals surface area contributed by atoms with Gasteiger partial charge in [0, 0.05) is 25.2 Å². The largest absolute Gasteiger partial charge is 0.334 e. The molecule has 2 aromatic rings. The molecule has 1 aliphatic carbocycles. The number of aromatic nitrogens is 4. The fourth-order valence-electron chi connectivity index (χ4n) is 5.40. The standard InChI is InChI=1S/C23H35N5O5S/c1-3-5-12-25-16-24-21-20(25)22(30)27(23(31)26(21)11-4-2)14-19(29)28(17-8-6-7-9-17)18-10-13-34(32,33)15-18/h16-18H,3-15H2,1-2H3. The molecule has 1 atom stereocenters. The van der Waals surface area contributed by atoms with E-state index in [4.69, 9.17) is 0 Å². The first-order valence-corrected chi connectivity index (χ1v) is 14.3. The van der Waals surface area contributed by atoms with Gasteiger partial charge in [0.25, 0.3) is 5.56 Å². The Kier molecular flexibility index (Phi) is 7.30. The molecule has 0 bridgehead atoms. The summed E-state index contributed by atoms with van der Waals surface area (Å²) in [5.41, 5.74) is -0.366. The molecule has 1 amide bonds. The van der Waals surface area contributed by atoms with Crippen LogP contribution < -0.4 is 11.2 Å². The van der Waals surface area contributed by atoms with Crippen LogP contribution in [0.15, 0.2) is 15.9 Å². The predicted octanol–water partition coefficient (Wildman–Crippen LogP) is 1.53. The van der Waals surface area contributed by atoms with Crippen molar-refractivity contribution in [3.63, 3.8) is 0 Å². The van der Waals surface area contributed by atoms with E-state index in [0.717, 1.165) is 43.1 Å². The van der Waals surface area contributed by atoms with Gasteiger partial charge in [-0.3, -0.25) is 14.2 Å². The van der Waals surface area contributed by atoms with Crippen molar-refractivity contribution >= 4 is 26.9 Å². The van der Waals surface area contributed by atoms with Crippen molar-refractivity contribution in [2.75, 3.05) is 11.5 Å². The fraction of sp³-hybridized carbons (Fsp3) is 0.739. The van der Waals surface area contributed by atoms with Crippen LogP contribution in [0.25, 0.3) is 11.2 Å². The summed E-state index contributed by atoms with van der Waals surface area (Å²) < 4.78 is 28.6. The van der Waals surface area contributed by atoms with Gasteiger partial charge in [-0.1, -0.05) is 33.1 Å². The second kappa shape index (κ2) is 10.1. The average Bonchev–Trinajstić information content (AvgIpc) is 3.53. The van der Waals surface area contributed by atoms with E-state index in [9.17, 15) is 22.8 Å². The second-order valence-corrected chi connectivity index (χ2v) is 11.8. The van der Waals surface area contributed by atoms with Gasteiger partial charge in [0.15, 0.2) is 21.0 Å². The van der Waals surface area contributed by atoms with Crippen LogP contribution >= 0.6 is 0 Å². The molecule has 11 heteroatoms. The van der Waals surface area contributed by atoms with Crippen molar-refractivity contribution in [3.8, 4) is 0 Å². The van der Waals surface area contributed by atoms with Crippen molar-refractivity contribution in [1.29, 1.82) is 0 Å². The van der Waals surface area contributed by atoms with Gasteiger partial charge < -0.3 is 9.47 Å². The third kappa shape index (κ3) is 4.71. The van der Waals surface area contributed by atoms with Crippen molar-refractivity contribution in [3.05, 3.63) is 27.2 Å². The van der Waals surface area contributed by atoms with Gasteiger partial charge in [0.2, 0.25) is 5.91 Å². The number of aryl methyl sites for hydroxylation is 2. The molecule has 3 heterocycles. The number of hydrogen-bond donors (Lipinski definition) is 0. The highest BCUT2D eigenvalue weighted by Crippen LogP contribution is 2.29. The van der Waals surface area contributed by atoms with E-state index in [-0.39, 0.29) is 30.0 Å². The minimum Gasteiger partial charge on any atom is -0.334 e. The Morgan fingerprint density at radius 1 is 1.06 bits per heavy atom. The lowest BCUT2D eigenvalue weighted by Crippen LogP contribution is -2.51. The molecular weight excluding hydrogens is 458 g/mol. The number of sulfone groups is 1. The van der Waals surface area contributed by atoms with E-state index in [1.54, 1.807) is 15.8 Å². The molecule has 34 heavy (non-hydrogen) atoms. The van der Waals surface area contributed by atoms with Gasteiger partial charge in [-0.25, -0.2) is 22.8 Å². The maximum absolute atomic E-state index is 13.6. The number of imidazole rings is 1. The summed E-state index contributed by atoms with van der Waals surface area (Å²) in [6.45, 7) is 4.61. The Hall–Kier alpha value is -2.43. The quantitative estimate of drug-likeness (QED) is 0.523. The van der Waals surface area contributed by atoms with Crippen molar-refractivity contribution in [1.82, 2.24) is 23.6 Å². The van der Waals surface area contributed by atoms with E-state index >= 15 is 0 Å². The zero-order valence-corrected chi connectivity index (χ0v) is 20.9. The molecule has 1 saturated carbocycles. The van der Waals surface area contributed by atoms with Crippen LogP contribution in [-0.4, -0.2) is 61.5 Å². The predicted molar refractivity (Wildman–Crippen MR) is 130 cm³/mol. The summed E-state index contributed by atoms with van der Waals surface area (Å²) in [7, 11) is -3.18. The normalized spacial score (nSPS) is 20.4. The highest BCUT2D eigenvalue weighted by molar-refractivity contribution is 7.91. The molecule has 2 aliphatic rings. The topological polar surface area (TPSA) is 116 Å². The number of amides is 1. The number of carbonyl (C=O) groups excluding carboxylic acids is 1. The number of rotatable bonds is 9. The van der Waals surface area contributed by atoms with Crippen LogP contribution in [0.3, 0.4) is 0 Å². The highest BCUT2D eigenvalue weighted by Gasteiger charge is 2.39. The highest BCUT2D eigenvalue weighted by atomic mass is 32.2. The van der Waals surface area contributed by atoms with Crippen LogP contribution in [-0.2, 0) is 34.3 Å². The van der Waals surface area contributed by atoms with Gasteiger partial charge in [0.05, 0.1) is 17.8 Å². The molecule has 2 fully saturated rings. The van der Waals surface area contributed by atoms with Crippen molar-refractivity contribution in [2.24, 2.45) is 0 Å². The zero-order chi connectivity index (χ0) is 24.5. The van der Waals surface area contributed by atoms with Crippen molar-refractivity contribution in [2.45, 2.75) is 96.9 Å². The average molecular weight is 494 g/mol. The number of unbranched alkanes of at least 4 members (excludes halogenated alkanes) is 1. The van der Waals surface area contributed by atoms with Crippen LogP contribution in [0.1, 0.15) is 65.2 Å². The molecule has 4 rings (SSSR count). The lowest BCUT2D eigenvalue weighted by molar-refractivity contribution is -0.136. The minimum atomic E-state index is -3.18. The smallest absolute Gasteiger partial charge is 0.333 e. The number of fused-ring (bicyclic) bond motifs is 1. The first-order valence-electron chi connectivity index (χ1n) is 12.5. The molecule has 0 N–H and O–H groups in total. The van der Waals surface area contributed by atoms with E-state index in [2.05, 4.69) is 11.9 Å². The molecule has 1 aliphatic heterocycles. The van der Waals surface area contributed by atoms with E-state index in [0.29, 0.717) is 37.1 Å². The molecule has 0 aromatic carbocycles. The summed E-state index contributed by atoms with van der Waals surface area (Å²) in [6, 6.07) is -0.439. The van der Waals surface area contributed by atoms with Crippen LogP contribution in [0.5, 0.6) is 0 Å². The molecule has 10 nitrogen and oxygen atoms in total. The number of nitrogens with zero attached hydrogens (tertiary/aromatic N) is 5. The first-order chi connectivity index (χ1) is 16.3. The van der Waals surface area contributed by atoms with E-state index in [1.807, 2.05) is 6.92 Å². The molecule has 1 saturated heterocycles. The Balaban J connectivity index is 1.75. The molecule has 0 spiro atoms. The van der Waals surface area contributed by atoms with Gasteiger partial charge in [-0.2, -0.15) is 0 Å². The summed E-state index contributed by atoms with van der Waals surface area (Å²) in [5, 5.41) is 0. The van der Waals surface area contributed by atoms with E-state index in [1.165, 1.54) is 4.57 Å². The SMILES string of the molecule is CCCCn1cnc2c1c(=O)n(CC(=O)N(C1CCCC1)C1CCS(=O)(=O)C1)c(=O)n2CCC. The van der Waals surface area contributed by atoms with Gasteiger partial charge in [-0.15, -0.1) is 0 Å². The van der Waals surface area contributed by atoms with E-state index < -0.39 is 27.1 Å². The van der Waals surface area contributed by atoms with Crippen LogP contribution in [0, 0.1) is 0 Å². The summed E-state index contributed by atoms with van der Waals surface area (Å²) in [5.74, 6) is -0.331. The second-order valence-electron chi connectivity index (χ2n) is 9.59. The Morgan fingerprint density at radius 2 is 1.79 bits per heavy atom. The molecular formula is C23H35N5O5S. The Bertz CT molecular complexity index is 1270. The summed E-state index contributed by atoms with van der Waals surface area (Å²) in [4.78, 5) is 46.5. The molecule has 0 radical (unpaired) electrons. The molecule has 1 unspecified atom stereocenters. The third-order valence-electron chi connectivity index (χ3n) is 7.08. The lowest BCUT2D eigenvalue weighted by atomic mass is 10.1. The maximum Gasteiger partial charge on any atom is 0.333 e. The maximum atomic E-state index is 13.6. The molecule has 2 aromatic heterocycles. The fourth-order valence-corrected chi connectivity index (χ4v) is 7.11. The minimum absolute atomic E-state index is 0.0433. The van der Waals surface area contributed by atoms with Gasteiger partial charge in [0.1, 0.15) is 6.54 Å². The Labute approximate surface area is 199 Å². The monoisotopic (exact) mass is 493 g/mol. The number of carbonyl (C=O) groups is 1. The first kappa shape index (κ1) is 24.7. The van der Waals surface area contributed by atoms with Crippen LogP contribution in [0.4, 0.5) is 0 Å².